The first kappa shape index (κ1) is 39.0. The van der Waals surface area contributed by atoms with E-state index in [-0.39, 0.29) is 59.7 Å². The van der Waals surface area contributed by atoms with Gasteiger partial charge in [0.25, 0.3) is 0 Å². The number of carboxylic acid groups (broad SMARTS) is 1. The molecule has 6 atom stereocenters. The number of carboxylic acids is 1. The van der Waals surface area contributed by atoms with Gasteiger partial charge < -0.3 is 15.3 Å². The zero-order valence-electron chi connectivity index (χ0n) is 30.0. The molecule has 2 N–H and O–H groups in total. The Morgan fingerprint density at radius 2 is 1.66 bits per heavy atom. The van der Waals surface area contributed by atoms with Gasteiger partial charge in [-0.15, -0.1) is 0 Å². The van der Waals surface area contributed by atoms with E-state index in [4.69, 9.17) is 5.11 Å². The number of aromatic nitrogens is 2. The van der Waals surface area contributed by atoms with Crippen molar-refractivity contribution in [1.29, 1.82) is 0 Å². The van der Waals surface area contributed by atoms with Crippen LogP contribution in [0.3, 0.4) is 0 Å². The molecule has 50 heavy (non-hydrogen) atoms. The zero-order chi connectivity index (χ0) is 36.6. The molecule has 3 aliphatic rings. The summed E-state index contributed by atoms with van der Waals surface area (Å²) in [5.74, 6) is -5.51. The van der Waals surface area contributed by atoms with E-state index in [2.05, 4.69) is 15.3 Å². The summed E-state index contributed by atoms with van der Waals surface area (Å²) in [6.07, 6.45) is 11.2. The van der Waals surface area contributed by atoms with Gasteiger partial charge in [0.2, 0.25) is 17.6 Å². The first-order valence-electron chi connectivity index (χ1n) is 18.4. The predicted molar refractivity (Wildman–Crippen MR) is 184 cm³/mol. The van der Waals surface area contributed by atoms with E-state index >= 15 is 0 Å². The summed E-state index contributed by atoms with van der Waals surface area (Å²) >= 11 is 0. The first-order chi connectivity index (χ1) is 23.7. The van der Waals surface area contributed by atoms with Crippen molar-refractivity contribution in [2.24, 2.45) is 35.0 Å². The van der Waals surface area contributed by atoms with Gasteiger partial charge in [-0.3, -0.25) is 38.5 Å². The Morgan fingerprint density at radius 3 is 2.28 bits per heavy atom. The number of nitrogens with zero attached hydrogens (tertiary/aromatic N) is 3. The summed E-state index contributed by atoms with van der Waals surface area (Å²) in [7, 11) is 0. The summed E-state index contributed by atoms with van der Waals surface area (Å²) < 4.78 is 0. The summed E-state index contributed by atoms with van der Waals surface area (Å²) in [6.45, 7) is 7.81. The van der Waals surface area contributed by atoms with Gasteiger partial charge in [-0.05, 0) is 55.3 Å². The molecule has 2 amide bonds. The molecule has 0 radical (unpaired) electrons. The lowest BCUT2D eigenvalue weighted by Crippen LogP contribution is -2.58. The van der Waals surface area contributed by atoms with Gasteiger partial charge in [-0.1, -0.05) is 59.8 Å². The van der Waals surface area contributed by atoms with Crippen LogP contribution in [0.1, 0.15) is 128 Å². The average Bonchev–Trinajstić information content (AvgIpc) is 3.69. The van der Waals surface area contributed by atoms with Gasteiger partial charge in [0, 0.05) is 50.0 Å². The predicted octanol–water partition coefficient (Wildman–Crippen LogP) is 4.78. The number of nitrogens with one attached hydrogen (secondary N) is 1. The monoisotopic (exact) mass is 694 g/mol. The minimum absolute atomic E-state index is 0.0215. The largest absolute Gasteiger partial charge is 0.481 e. The first-order valence-corrected chi connectivity index (χ1v) is 18.4. The van der Waals surface area contributed by atoms with Crippen LogP contribution in [0.25, 0.3) is 0 Å². The average molecular weight is 695 g/mol. The minimum Gasteiger partial charge on any atom is -0.481 e. The number of ketones is 4. The van der Waals surface area contributed by atoms with Crippen molar-refractivity contribution in [2.75, 3.05) is 6.54 Å². The summed E-state index contributed by atoms with van der Waals surface area (Å²) in [5.41, 5.74) is -0.542. The van der Waals surface area contributed by atoms with Crippen LogP contribution in [0.5, 0.6) is 0 Å². The van der Waals surface area contributed by atoms with Crippen molar-refractivity contribution < 1.29 is 38.7 Å². The second kappa shape index (κ2) is 17.4. The van der Waals surface area contributed by atoms with Gasteiger partial charge >= 0.3 is 5.97 Å². The highest BCUT2D eigenvalue weighted by atomic mass is 16.4. The molecule has 274 valence electrons. The molecule has 12 nitrogen and oxygen atoms in total. The van der Waals surface area contributed by atoms with Crippen LogP contribution >= 0.6 is 0 Å². The third kappa shape index (κ3) is 9.69. The molecule has 1 aromatic heterocycles. The SMILES string of the molecule is CCCC(CC(=O)[C@@H]1[C@H]2CCC[C@H]2CN1C(=O)[C@@H](NC(=O)[C@H](CC(=O)c1cnccn1)C1CCCCC1)C(C)(C)C)C(=O)C(=O)CCC(=O)O. The van der Waals surface area contributed by atoms with Crippen LogP contribution in [0.15, 0.2) is 18.6 Å². The highest BCUT2D eigenvalue weighted by Gasteiger charge is 2.52. The lowest BCUT2D eigenvalue weighted by Gasteiger charge is -2.38. The summed E-state index contributed by atoms with van der Waals surface area (Å²) in [5, 5.41) is 12.0. The fourth-order valence-electron chi connectivity index (χ4n) is 8.38. The van der Waals surface area contributed by atoms with E-state index in [1.54, 1.807) is 4.90 Å². The molecule has 12 heteroatoms. The van der Waals surface area contributed by atoms with Gasteiger partial charge in [-0.25, -0.2) is 4.98 Å². The molecule has 4 rings (SSSR count). The Kier molecular flexibility index (Phi) is 13.6. The number of amides is 2. The molecule has 2 aliphatic carbocycles. The maximum atomic E-state index is 14.6. The smallest absolute Gasteiger partial charge is 0.303 e. The third-order valence-corrected chi connectivity index (χ3v) is 11.0. The maximum absolute atomic E-state index is 14.6. The van der Waals surface area contributed by atoms with Crippen LogP contribution < -0.4 is 5.32 Å². The van der Waals surface area contributed by atoms with E-state index in [1.807, 2.05) is 27.7 Å². The molecule has 1 unspecified atom stereocenters. The molecule has 2 saturated carbocycles. The standard InChI is InChI=1S/C38H54N4O8/c1-5-10-24(34(48)29(43)15-16-32(46)47)19-31(45)33-26-14-9-13-25(26)22-42(33)37(50)35(38(2,3)4)41-36(49)27(23-11-7-6-8-12-23)20-30(44)28-21-39-17-18-40-28/h17-18,21,23-27,33,35H,5-16,19-20,22H2,1-4H3,(H,41,49)(H,46,47)/t24?,25-,26-,27+,33-,35+/m0/s1. The molecule has 1 saturated heterocycles. The molecule has 1 aliphatic heterocycles. The Morgan fingerprint density at radius 1 is 0.940 bits per heavy atom. The maximum Gasteiger partial charge on any atom is 0.303 e. The fraction of sp³-hybridized carbons (Fsp3) is 0.711. The van der Waals surface area contributed by atoms with Crippen molar-refractivity contribution in [1.82, 2.24) is 20.2 Å². The second-order valence-electron chi connectivity index (χ2n) is 15.7. The van der Waals surface area contributed by atoms with E-state index < -0.39 is 59.7 Å². The number of hydrogen-bond acceptors (Lipinski definition) is 9. The van der Waals surface area contributed by atoms with Crippen LogP contribution in [0.4, 0.5) is 0 Å². The summed E-state index contributed by atoms with van der Waals surface area (Å²) in [6, 6.07) is -1.77. The number of likely N-dealkylation sites (tertiary alicyclic amines) is 1. The highest BCUT2D eigenvalue weighted by Crippen LogP contribution is 2.44. The van der Waals surface area contributed by atoms with Crippen LogP contribution in [-0.4, -0.2) is 79.5 Å². The van der Waals surface area contributed by atoms with Gasteiger partial charge in [0.1, 0.15) is 11.7 Å². The van der Waals surface area contributed by atoms with Crippen molar-refractivity contribution in [3.63, 3.8) is 0 Å². The molecule has 2 heterocycles. The molecule has 1 aromatic rings. The Hall–Kier alpha value is -3.83. The number of rotatable bonds is 17. The van der Waals surface area contributed by atoms with Crippen LogP contribution in [0, 0.1) is 35.0 Å². The van der Waals surface area contributed by atoms with Crippen molar-refractivity contribution in [3.8, 4) is 0 Å². The number of aliphatic carboxylic acids is 1. The fourth-order valence-corrected chi connectivity index (χ4v) is 8.38. The van der Waals surface area contributed by atoms with E-state index in [9.17, 15) is 33.6 Å². The Labute approximate surface area is 294 Å². The van der Waals surface area contributed by atoms with E-state index in [0.29, 0.717) is 19.4 Å². The van der Waals surface area contributed by atoms with Gasteiger partial charge in [0.05, 0.1) is 18.7 Å². The molecule has 0 bridgehead atoms. The van der Waals surface area contributed by atoms with Crippen LogP contribution in [-0.2, 0) is 28.8 Å². The Balaban J connectivity index is 1.57. The second-order valence-corrected chi connectivity index (χ2v) is 15.7. The summed E-state index contributed by atoms with van der Waals surface area (Å²) in [4.78, 5) is 103. The topological polar surface area (TPSA) is 181 Å². The van der Waals surface area contributed by atoms with Gasteiger partial charge in [0.15, 0.2) is 17.3 Å². The molecule has 0 aromatic carbocycles. The van der Waals surface area contributed by atoms with E-state index in [0.717, 1.165) is 51.4 Å². The number of hydrogen-bond donors (Lipinski definition) is 2. The normalized spacial score (nSPS) is 22.6. The Bertz CT molecular complexity index is 1420. The third-order valence-electron chi connectivity index (χ3n) is 11.0. The molecule has 0 spiro atoms. The minimum atomic E-state index is -1.18. The number of Topliss-reactive ketones (excluding diaryl/α,β-unsaturated/α-hetero) is 4. The van der Waals surface area contributed by atoms with Crippen molar-refractivity contribution >= 4 is 40.9 Å². The molecular formula is C38H54N4O8. The number of carbonyl (C=O) groups is 7. The quantitative estimate of drug-likeness (QED) is 0.170. The van der Waals surface area contributed by atoms with Crippen LogP contribution in [0.2, 0.25) is 0 Å². The van der Waals surface area contributed by atoms with E-state index in [1.165, 1.54) is 18.6 Å². The number of carbonyl (C=O) groups excluding carboxylic acids is 6. The molecular weight excluding hydrogens is 640 g/mol. The lowest BCUT2D eigenvalue weighted by molar-refractivity contribution is -0.146. The van der Waals surface area contributed by atoms with Crippen molar-refractivity contribution in [2.45, 2.75) is 130 Å². The number of fused-ring (bicyclic) bond motifs is 1. The zero-order valence-corrected chi connectivity index (χ0v) is 30.0. The van der Waals surface area contributed by atoms with Crippen molar-refractivity contribution in [3.05, 3.63) is 24.3 Å². The lowest BCUT2D eigenvalue weighted by atomic mass is 9.76. The highest BCUT2D eigenvalue weighted by molar-refractivity contribution is 6.38. The van der Waals surface area contributed by atoms with Gasteiger partial charge in [-0.2, -0.15) is 0 Å². The molecule has 3 fully saturated rings.